The highest BCUT2D eigenvalue weighted by Gasteiger charge is 2.39. The Hall–Kier alpha value is -4.96. The summed E-state index contributed by atoms with van der Waals surface area (Å²) >= 11 is 5.92. The Bertz CT molecular complexity index is 1790. The number of Topliss-reactive ketones (excluding diaryl/α,β-unsaturated/α-hetero) is 1. The summed E-state index contributed by atoms with van der Waals surface area (Å²) in [7, 11) is 0. The largest absolute Gasteiger partial charge is 0.465 e. The van der Waals surface area contributed by atoms with E-state index in [2.05, 4.69) is 15.3 Å². The molecule has 0 bridgehead atoms. The molecule has 11 heteroatoms. The van der Waals surface area contributed by atoms with Crippen LogP contribution >= 0.6 is 11.6 Å². The first-order chi connectivity index (χ1) is 18.7. The van der Waals surface area contributed by atoms with Gasteiger partial charge in [-0.1, -0.05) is 41.9 Å². The van der Waals surface area contributed by atoms with E-state index in [0.717, 1.165) is 0 Å². The van der Waals surface area contributed by atoms with Crippen LogP contribution in [0.3, 0.4) is 0 Å². The van der Waals surface area contributed by atoms with Crippen LogP contribution in [0.5, 0.6) is 0 Å². The Morgan fingerprint density at radius 3 is 2.36 bits per heavy atom. The highest BCUT2D eigenvalue weighted by Crippen LogP contribution is 2.31. The number of rotatable bonds is 6. The summed E-state index contributed by atoms with van der Waals surface area (Å²) < 4.78 is 4.97. The molecule has 0 spiro atoms. The third-order valence-electron chi connectivity index (χ3n) is 6.15. The molecule has 0 saturated carbocycles. The van der Waals surface area contributed by atoms with E-state index in [1.165, 1.54) is 43.3 Å². The Kier molecular flexibility index (Phi) is 6.63. The first kappa shape index (κ1) is 25.7. The van der Waals surface area contributed by atoms with Crippen LogP contribution < -0.4 is 10.9 Å². The van der Waals surface area contributed by atoms with Gasteiger partial charge < -0.3 is 15.0 Å². The van der Waals surface area contributed by atoms with Crippen molar-refractivity contribution >= 4 is 57.5 Å². The number of amides is 1. The Labute approximate surface area is 225 Å². The number of aromatic amines is 1. The fourth-order valence-electron chi connectivity index (χ4n) is 4.41. The average Bonchev–Trinajstić information content (AvgIpc) is 2.91. The molecule has 0 radical (unpaired) electrons. The lowest BCUT2D eigenvalue weighted by molar-refractivity contribution is -0.150. The fourth-order valence-corrected chi connectivity index (χ4v) is 4.60. The van der Waals surface area contributed by atoms with E-state index in [0.29, 0.717) is 5.02 Å². The summed E-state index contributed by atoms with van der Waals surface area (Å²) in [4.78, 5) is 85.0. The minimum atomic E-state index is -1.99. The molecule has 0 fully saturated rings. The number of ether oxygens (including phenoxy) is 1. The van der Waals surface area contributed by atoms with E-state index < -0.39 is 46.4 Å². The number of halogens is 1. The molecular formula is C28H18ClN3O7. The zero-order valence-corrected chi connectivity index (χ0v) is 21.0. The van der Waals surface area contributed by atoms with Crippen molar-refractivity contribution in [2.75, 3.05) is 11.9 Å². The molecule has 39 heavy (non-hydrogen) atoms. The minimum Gasteiger partial charge on any atom is -0.465 e. The molecular weight excluding hydrogens is 526 g/mol. The Balaban J connectivity index is 1.60. The third-order valence-corrected chi connectivity index (χ3v) is 6.38. The lowest BCUT2D eigenvalue weighted by Gasteiger charge is -2.19. The molecule has 1 aromatic heterocycles. The van der Waals surface area contributed by atoms with E-state index >= 15 is 0 Å². The van der Waals surface area contributed by atoms with E-state index in [9.17, 15) is 28.8 Å². The second-order valence-electron chi connectivity index (χ2n) is 8.55. The van der Waals surface area contributed by atoms with Gasteiger partial charge in [0.15, 0.2) is 17.5 Å². The number of aromatic nitrogens is 2. The van der Waals surface area contributed by atoms with Crippen LogP contribution in [0.4, 0.5) is 5.69 Å². The number of ketones is 3. The molecule has 5 rings (SSSR count). The van der Waals surface area contributed by atoms with Crippen molar-refractivity contribution in [1.82, 2.24) is 9.97 Å². The molecule has 0 saturated heterocycles. The van der Waals surface area contributed by atoms with Crippen LogP contribution in [-0.4, -0.2) is 45.8 Å². The minimum absolute atomic E-state index is 0.0289. The number of esters is 1. The summed E-state index contributed by atoms with van der Waals surface area (Å²) in [6.45, 7) is 1.36. The molecule has 3 aromatic carbocycles. The van der Waals surface area contributed by atoms with Gasteiger partial charge in [-0.2, -0.15) is 0 Å². The second-order valence-corrected chi connectivity index (χ2v) is 8.99. The van der Waals surface area contributed by atoms with Crippen molar-refractivity contribution in [1.29, 1.82) is 0 Å². The molecule has 1 unspecified atom stereocenters. The standard InChI is InChI=1S/C28H18ClN3O7/c1-2-39-28(38)20(25(35)27(37)30-14-7-5-6-13(29)12-14)22-26(36)32-21-18(31-22)11-10-17-19(21)24(34)16-9-4-3-8-15(16)23(17)33/h3-12,20H,2H2,1H3,(H,30,37)(H,32,36). The summed E-state index contributed by atoms with van der Waals surface area (Å²) in [5, 5.41) is 2.64. The van der Waals surface area contributed by atoms with Crippen LogP contribution in [0, 0.1) is 0 Å². The molecule has 1 aliphatic carbocycles. The van der Waals surface area contributed by atoms with Gasteiger partial charge in [0.1, 0.15) is 5.69 Å². The third kappa shape index (κ3) is 4.51. The summed E-state index contributed by atoms with van der Waals surface area (Å²) in [5.74, 6) is -6.52. The molecule has 1 aliphatic rings. The monoisotopic (exact) mass is 543 g/mol. The predicted molar refractivity (Wildman–Crippen MR) is 140 cm³/mol. The van der Waals surface area contributed by atoms with Crippen LogP contribution in [0.2, 0.25) is 5.02 Å². The van der Waals surface area contributed by atoms with Gasteiger partial charge in [0, 0.05) is 27.4 Å². The van der Waals surface area contributed by atoms with Crippen LogP contribution in [-0.2, 0) is 19.1 Å². The lowest BCUT2D eigenvalue weighted by Crippen LogP contribution is -2.37. The number of benzene rings is 3. The fraction of sp³-hybridized carbons (Fsp3) is 0.107. The van der Waals surface area contributed by atoms with Gasteiger partial charge in [0.2, 0.25) is 5.78 Å². The van der Waals surface area contributed by atoms with Crippen molar-refractivity contribution < 1.29 is 28.7 Å². The topological polar surface area (TPSA) is 152 Å². The van der Waals surface area contributed by atoms with Gasteiger partial charge in [-0.25, -0.2) is 4.98 Å². The maximum atomic E-state index is 13.3. The summed E-state index contributed by atoms with van der Waals surface area (Å²) in [5.41, 5.74) is -0.975. The molecule has 2 N–H and O–H groups in total. The quantitative estimate of drug-likeness (QED) is 0.188. The van der Waals surface area contributed by atoms with Crippen LogP contribution in [0.25, 0.3) is 11.0 Å². The predicted octanol–water partition coefficient (Wildman–Crippen LogP) is 3.21. The van der Waals surface area contributed by atoms with Crippen molar-refractivity contribution in [3.8, 4) is 0 Å². The Morgan fingerprint density at radius 1 is 0.949 bits per heavy atom. The van der Waals surface area contributed by atoms with Gasteiger partial charge in [0.25, 0.3) is 11.5 Å². The first-order valence-electron chi connectivity index (χ1n) is 11.7. The van der Waals surface area contributed by atoms with E-state index in [4.69, 9.17) is 16.3 Å². The number of nitrogens with zero attached hydrogens (tertiary/aromatic N) is 1. The van der Waals surface area contributed by atoms with Gasteiger partial charge in [0.05, 0.1) is 23.2 Å². The molecule has 194 valence electrons. The molecule has 4 aromatic rings. The molecule has 1 atom stereocenters. The van der Waals surface area contributed by atoms with E-state index in [1.54, 1.807) is 24.3 Å². The van der Waals surface area contributed by atoms with Crippen molar-refractivity contribution in [3.05, 3.63) is 104 Å². The highest BCUT2D eigenvalue weighted by atomic mass is 35.5. The van der Waals surface area contributed by atoms with Crippen molar-refractivity contribution in [2.24, 2.45) is 0 Å². The zero-order valence-electron chi connectivity index (χ0n) is 20.2. The highest BCUT2D eigenvalue weighted by molar-refractivity contribution is 6.45. The molecule has 1 heterocycles. The lowest BCUT2D eigenvalue weighted by atomic mass is 9.83. The SMILES string of the molecule is CCOC(=O)C(C(=O)C(=O)Nc1cccc(Cl)c1)c1nc2ccc3c(c2[nH]c1=O)C(=O)c1ccccc1C3=O. The van der Waals surface area contributed by atoms with Gasteiger partial charge >= 0.3 is 5.97 Å². The number of H-pyrrole nitrogens is 1. The smallest absolute Gasteiger partial charge is 0.323 e. The van der Waals surface area contributed by atoms with Gasteiger partial charge in [-0.3, -0.25) is 28.8 Å². The maximum absolute atomic E-state index is 13.3. The molecule has 10 nitrogen and oxygen atoms in total. The number of anilines is 1. The van der Waals surface area contributed by atoms with E-state index in [-0.39, 0.29) is 45.6 Å². The number of hydrogen-bond donors (Lipinski definition) is 2. The molecule has 0 aliphatic heterocycles. The van der Waals surface area contributed by atoms with Crippen molar-refractivity contribution in [2.45, 2.75) is 12.8 Å². The number of carbonyl (C=O) groups excluding carboxylic acids is 5. The van der Waals surface area contributed by atoms with Crippen LogP contribution in [0.1, 0.15) is 50.4 Å². The van der Waals surface area contributed by atoms with E-state index in [1.807, 2.05) is 0 Å². The summed E-state index contributed by atoms with van der Waals surface area (Å²) in [6.07, 6.45) is 0. The van der Waals surface area contributed by atoms with Crippen molar-refractivity contribution in [3.63, 3.8) is 0 Å². The number of fused-ring (bicyclic) bond motifs is 4. The van der Waals surface area contributed by atoms with Gasteiger partial charge in [-0.05, 0) is 37.3 Å². The maximum Gasteiger partial charge on any atom is 0.323 e. The Morgan fingerprint density at radius 2 is 1.67 bits per heavy atom. The number of hydrogen-bond acceptors (Lipinski definition) is 8. The van der Waals surface area contributed by atoms with Gasteiger partial charge in [-0.15, -0.1) is 0 Å². The number of nitrogens with one attached hydrogen (secondary N) is 2. The summed E-state index contributed by atoms with van der Waals surface area (Å²) in [6, 6.07) is 15.1. The average molecular weight is 544 g/mol. The zero-order chi connectivity index (χ0) is 27.8. The normalized spacial score (nSPS) is 12.9. The number of carbonyl (C=O) groups is 5. The molecule has 1 amide bonds. The second kappa shape index (κ2) is 10.1. The first-order valence-corrected chi connectivity index (χ1v) is 12.1. The van der Waals surface area contributed by atoms with Crippen LogP contribution in [0.15, 0.2) is 65.5 Å².